The van der Waals surface area contributed by atoms with E-state index in [-0.39, 0.29) is 17.9 Å². The van der Waals surface area contributed by atoms with Gasteiger partial charge in [-0.3, -0.25) is 9.89 Å². The maximum Gasteiger partial charge on any atom is 0.274 e. The predicted octanol–water partition coefficient (Wildman–Crippen LogP) is 2.52. The second-order valence-electron chi connectivity index (χ2n) is 5.69. The zero-order valence-electron chi connectivity index (χ0n) is 12.4. The highest BCUT2D eigenvalue weighted by atomic mass is 32.2. The van der Waals surface area contributed by atoms with Crippen molar-refractivity contribution in [2.24, 2.45) is 0 Å². The molecule has 6 heteroatoms. The van der Waals surface area contributed by atoms with Crippen molar-refractivity contribution in [2.75, 3.05) is 12.0 Å². The van der Waals surface area contributed by atoms with Crippen LogP contribution in [0.4, 0.5) is 5.69 Å². The third-order valence-corrected chi connectivity index (χ3v) is 5.12. The highest BCUT2D eigenvalue weighted by Gasteiger charge is 2.28. The number of nitrogens with one attached hydrogen (secondary N) is 2. The third-order valence-electron chi connectivity index (χ3n) is 3.95. The molecule has 0 saturated heterocycles. The van der Waals surface area contributed by atoms with Crippen molar-refractivity contribution in [3.63, 3.8) is 0 Å². The summed E-state index contributed by atoms with van der Waals surface area (Å²) in [5.74, 6) is 0.0780. The average molecular weight is 296 g/mol. The molecule has 20 heavy (non-hydrogen) atoms. The van der Waals surface area contributed by atoms with Crippen molar-refractivity contribution in [3.05, 3.63) is 11.4 Å². The van der Waals surface area contributed by atoms with E-state index >= 15 is 0 Å². The zero-order valence-corrected chi connectivity index (χ0v) is 13.2. The van der Waals surface area contributed by atoms with Gasteiger partial charge in [0.05, 0.1) is 11.4 Å². The Kier molecular flexibility index (Phi) is 4.96. The van der Waals surface area contributed by atoms with Crippen LogP contribution in [0.1, 0.15) is 61.6 Å². The third kappa shape index (κ3) is 3.11. The molecule has 0 radical (unpaired) electrons. The van der Waals surface area contributed by atoms with Gasteiger partial charge in [-0.05, 0) is 25.0 Å². The quantitative estimate of drug-likeness (QED) is 0.797. The molecule has 1 aliphatic carbocycles. The van der Waals surface area contributed by atoms with Crippen molar-refractivity contribution in [2.45, 2.75) is 56.7 Å². The Morgan fingerprint density at radius 1 is 1.45 bits per heavy atom. The summed E-state index contributed by atoms with van der Waals surface area (Å²) in [4.78, 5) is 12.3. The highest BCUT2D eigenvalue weighted by Crippen LogP contribution is 2.28. The lowest BCUT2D eigenvalue weighted by Crippen LogP contribution is -2.44. The number of nitrogens with zero attached hydrogens (tertiary/aromatic N) is 1. The normalized spacial score (nSPS) is 23.0. The highest BCUT2D eigenvalue weighted by molar-refractivity contribution is 7.99. The number of carbonyl (C=O) groups is 1. The summed E-state index contributed by atoms with van der Waals surface area (Å²) in [6, 6.07) is 0.227. The molecular weight excluding hydrogens is 272 g/mol. The number of nitrogens with two attached hydrogens (primary N) is 1. The monoisotopic (exact) mass is 296 g/mol. The summed E-state index contributed by atoms with van der Waals surface area (Å²) in [5, 5.41) is 10.6. The topological polar surface area (TPSA) is 83.8 Å². The average Bonchev–Trinajstić information content (AvgIpc) is 2.81. The first-order valence-corrected chi connectivity index (χ1v) is 8.50. The number of carbonyl (C=O) groups excluding carboxylic acids is 1. The number of aromatic nitrogens is 2. The second-order valence-corrected chi connectivity index (χ2v) is 6.77. The SMILES string of the molecule is CSC1CCCCC1NC(=O)c1n[nH]c(C(C)C)c1N. The molecule has 0 aromatic carbocycles. The minimum Gasteiger partial charge on any atom is -0.395 e. The molecule has 1 saturated carbocycles. The first-order chi connectivity index (χ1) is 9.54. The lowest BCUT2D eigenvalue weighted by Gasteiger charge is -2.30. The van der Waals surface area contributed by atoms with Crippen LogP contribution >= 0.6 is 11.8 Å². The number of aromatic amines is 1. The lowest BCUT2D eigenvalue weighted by atomic mass is 9.94. The summed E-state index contributed by atoms with van der Waals surface area (Å²) in [5.41, 5.74) is 7.66. The fraction of sp³-hybridized carbons (Fsp3) is 0.714. The van der Waals surface area contributed by atoms with E-state index in [1.807, 2.05) is 25.6 Å². The summed E-state index contributed by atoms with van der Waals surface area (Å²) in [7, 11) is 0. The van der Waals surface area contributed by atoms with Gasteiger partial charge in [-0.15, -0.1) is 0 Å². The van der Waals surface area contributed by atoms with Crippen LogP contribution in [0, 0.1) is 0 Å². The van der Waals surface area contributed by atoms with E-state index in [1.165, 1.54) is 19.3 Å². The number of rotatable bonds is 4. The Labute approximate surface area is 124 Å². The van der Waals surface area contributed by atoms with Gasteiger partial charge in [-0.1, -0.05) is 26.7 Å². The van der Waals surface area contributed by atoms with E-state index in [9.17, 15) is 4.79 Å². The van der Waals surface area contributed by atoms with Gasteiger partial charge in [0.25, 0.3) is 5.91 Å². The van der Waals surface area contributed by atoms with Gasteiger partial charge in [-0.2, -0.15) is 16.9 Å². The van der Waals surface area contributed by atoms with Crippen molar-refractivity contribution < 1.29 is 4.79 Å². The van der Waals surface area contributed by atoms with Crippen LogP contribution in [-0.4, -0.2) is 33.7 Å². The molecule has 1 fully saturated rings. The first kappa shape index (κ1) is 15.2. The molecule has 2 atom stereocenters. The van der Waals surface area contributed by atoms with Gasteiger partial charge < -0.3 is 11.1 Å². The Morgan fingerprint density at radius 3 is 2.75 bits per heavy atom. The minimum absolute atomic E-state index is 0.156. The fourth-order valence-corrected chi connectivity index (χ4v) is 3.69. The van der Waals surface area contributed by atoms with Gasteiger partial charge >= 0.3 is 0 Å². The van der Waals surface area contributed by atoms with Crippen molar-refractivity contribution in [1.29, 1.82) is 0 Å². The maximum atomic E-state index is 12.3. The van der Waals surface area contributed by atoms with E-state index in [0.717, 1.165) is 12.1 Å². The molecule has 0 bridgehead atoms. The molecule has 1 aliphatic rings. The van der Waals surface area contributed by atoms with Gasteiger partial charge in [0, 0.05) is 11.3 Å². The van der Waals surface area contributed by atoms with Crippen molar-refractivity contribution in [1.82, 2.24) is 15.5 Å². The molecule has 2 rings (SSSR count). The molecule has 112 valence electrons. The van der Waals surface area contributed by atoms with Crippen LogP contribution in [0.3, 0.4) is 0 Å². The van der Waals surface area contributed by atoms with E-state index in [1.54, 1.807) is 0 Å². The van der Waals surface area contributed by atoms with E-state index in [0.29, 0.717) is 16.6 Å². The molecule has 1 aromatic heterocycles. The molecule has 2 unspecified atom stereocenters. The smallest absolute Gasteiger partial charge is 0.274 e. The molecule has 0 aliphatic heterocycles. The largest absolute Gasteiger partial charge is 0.395 e. The number of amides is 1. The van der Waals surface area contributed by atoms with Crippen LogP contribution in [0.5, 0.6) is 0 Å². The zero-order chi connectivity index (χ0) is 14.7. The van der Waals surface area contributed by atoms with Crippen LogP contribution in [0.25, 0.3) is 0 Å². The van der Waals surface area contributed by atoms with Crippen LogP contribution in [0.2, 0.25) is 0 Å². The van der Waals surface area contributed by atoms with E-state index in [4.69, 9.17) is 5.73 Å². The summed E-state index contributed by atoms with van der Waals surface area (Å²) in [6.45, 7) is 4.05. The van der Waals surface area contributed by atoms with Gasteiger partial charge in [-0.25, -0.2) is 0 Å². The van der Waals surface area contributed by atoms with Crippen LogP contribution in [-0.2, 0) is 0 Å². The minimum atomic E-state index is -0.156. The molecule has 5 nitrogen and oxygen atoms in total. The van der Waals surface area contributed by atoms with Gasteiger partial charge in [0.1, 0.15) is 0 Å². The summed E-state index contributed by atoms with van der Waals surface area (Å²) in [6.07, 6.45) is 6.74. The Balaban J connectivity index is 2.08. The maximum absolute atomic E-state index is 12.3. The first-order valence-electron chi connectivity index (χ1n) is 7.22. The second kappa shape index (κ2) is 6.52. The predicted molar refractivity (Wildman–Crippen MR) is 84.1 cm³/mol. The molecule has 4 N–H and O–H groups in total. The van der Waals surface area contributed by atoms with Crippen LogP contribution in [0.15, 0.2) is 0 Å². The summed E-state index contributed by atoms with van der Waals surface area (Å²) < 4.78 is 0. The van der Waals surface area contributed by atoms with Gasteiger partial charge in [0.15, 0.2) is 5.69 Å². The molecular formula is C14H24N4OS. The number of hydrogen-bond donors (Lipinski definition) is 3. The van der Waals surface area contributed by atoms with E-state index in [2.05, 4.69) is 21.8 Å². The van der Waals surface area contributed by atoms with Crippen molar-refractivity contribution >= 4 is 23.4 Å². The molecule has 1 aromatic rings. The Hall–Kier alpha value is -1.17. The Morgan fingerprint density at radius 2 is 2.15 bits per heavy atom. The number of hydrogen-bond acceptors (Lipinski definition) is 4. The fourth-order valence-electron chi connectivity index (χ4n) is 2.76. The summed E-state index contributed by atoms with van der Waals surface area (Å²) >= 11 is 1.83. The number of thioether (sulfide) groups is 1. The van der Waals surface area contributed by atoms with Gasteiger partial charge in [0.2, 0.25) is 0 Å². The number of nitrogen functional groups attached to an aromatic ring is 1. The lowest BCUT2D eigenvalue weighted by molar-refractivity contribution is 0.0925. The molecule has 0 spiro atoms. The number of H-pyrrole nitrogens is 1. The standard InChI is InChI=1S/C14H24N4OS/c1-8(2)12-11(15)13(18-17-12)14(19)16-9-6-4-5-7-10(9)20-3/h8-10H,4-7,15H2,1-3H3,(H,16,19)(H,17,18). The Bertz CT molecular complexity index is 472. The van der Waals surface area contributed by atoms with Crippen LogP contribution < -0.4 is 11.1 Å². The number of anilines is 1. The van der Waals surface area contributed by atoms with Crippen molar-refractivity contribution in [3.8, 4) is 0 Å². The molecule has 1 heterocycles. The molecule has 1 amide bonds. The van der Waals surface area contributed by atoms with E-state index < -0.39 is 0 Å².